The van der Waals surface area contributed by atoms with E-state index in [9.17, 15) is 14.4 Å². The van der Waals surface area contributed by atoms with E-state index in [0.29, 0.717) is 42.3 Å². The standard InChI is InChI=1S/C22H25Br2ClN2O4/c1-31-15-7-6-11(25)9-14(15)26-16(28)5-3-2-4-8-27-21(29)17-12-10-13(18(17)22(27)30)20(24)19(12)23/h6-7,9,12-13,17-20H,2-5,8,10H2,1H3,(H,26,28)/t12-,13-,17-,18+,19-,20-/m1/s1. The summed E-state index contributed by atoms with van der Waals surface area (Å²) < 4.78 is 5.24. The second-order valence-electron chi connectivity index (χ2n) is 8.54. The summed E-state index contributed by atoms with van der Waals surface area (Å²) in [5.41, 5.74) is 0.546. The van der Waals surface area contributed by atoms with E-state index < -0.39 is 0 Å². The van der Waals surface area contributed by atoms with Gasteiger partial charge in [0.25, 0.3) is 0 Å². The number of likely N-dealkylation sites (tertiary alicyclic amines) is 1. The lowest BCUT2D eigenvalue weighted by molar-refractivity contribution is -0.140. The molecule has 9 heteroatoms. The normalized spacial score (nSPS) is 31.3. The van der Waals surface area contributed by atoms with E-state index in [1.54, 1.807) is 18.2 Å². The van der Waals surface area contributed by atoms with Crippen molar-refractivity contribution >= 4 is 66.9 Å². The number of halogens is 3. The fraction of sp³-hybridized carbons (Fsp3) is 0.591. The topological polar surface area (TPSA) is 75.7 Å². The van der Waals surface area contributed by atoms with Gasteiger partial charge in [-0.3, -0.25) is 19.3 Å². The molecule has 3 aliphatic rings. The highest BCUT2D eigenvalue weighted by Gasteiger charge is 2.66. The van der Waals surface area contributed by atoms with E-state index in [1.807, 2.05) is 0 Å². The van der Waals surface area contributed by atoms with Gasteiger partial charge in [-0.1, -0.05) is 49.9 Å². The van der Waals surface area contributed by atoms with Crippen molar-refractivity contribution in [2.24, 2.45) is 23.7 Å². The van der Waals surface area contributed by atoms with Crippen molar-refractivity contribution in [2.45, 2.75) is 41.8 Å². The molecule has 0 radical (unpaired) electrons. The van der Waals surface area contributed by atoms with E-state index in [4.69, 9.17) is 16.3 Å². The van der Waals surface area contributed by atoms with Crippen LogP contribution in [0.3, 0.4) is 0 Å². The fourth-order valence-electron chi connectivity index (χ4n) is 5.35. The Morgan fingerprint density at radius 1 is 1.13 bits per heavy atom. The molecule has 168 valence electrons. The zero-order chi connectivity index (χ0) is 22.3. The lowest BCUT2D eigenvalue weighted by atomic mass is 9.81. The molecule has 0 aromatic heterocycles. The van der Waals surface area contributed by atoms with E-state index in [1.165, 1.54) is 12.0 Å². The molecule has 1 heterocycles. The first-order valence-corrected chi connectivity index (χ1v) is 12.8. The number of alkyl halides is 2. The quantitative estimate of drug-likeness (QED) is 0.278. The first kappa shape index (κ1) is 23.1. The highest BCUT2D eigenvalue weighted by molar-refractivity contribution is 9.12. The molecular weight excluding hydrogens is 552 g/mol. The van der Waals surface area contributed by atoms with Gasteiger partial charge in [0.1, 0.15) is 5.75 Å². The fourth-order valence-corrected chi connectivity index (χ4v) is 7.40. The first-order chi connectivity index (χ1) is 14.8. The second-order valence-corrected chi connectivity index (χ2v) is 11.1. The monoisotopic (exact) mass is 574 g/mol. The molecule has 6 nitrogen and oxygen atoms in total. The number of imide groups is 1. The molecule has 1 aromatic carbocycles. The summed E-state index contributed by atoms with van der Waals surface area (Å²) in [5.74, 6) is 0.602. The maximum atomic E-state index is 12.9. The summed E-state index contributed by atoms with van der Waals surface area (Å²) in [7, 11) is 1.54. The number of anilines is 1. The number of hydrogen-bond donors (Lipinski definition) is 1. The summed E-state index contributed by atoms with van der Waals surface area (Å²) in [6.07, 6.45) is 3.44. The van der Waals surface area contributed by atoms with Crippen molar-refractivity contribution in [1.82, 2.24) is 4.90 Å². The minimum Gasteiger partial charge on any atom is -0.495 e. The van der Waals surface area contributed by atoms with Crippen LogP contribution in [0.2, 0.25) is 5.02 Å². The number of rotatable bonds is 8. The predicted molar refractivity (Wildman–Crippen MR) is 126 cm³/mol. The van der Waals surface area contributed by atoms with Crippen molar-refractivity contribution in [3.8, 4) is 5.75 Å². The minimum atomic E-state index is -0.158. The maximum absolute atomic E-state index is 12.9. The minimum absolute atomic E-state index is 0.00264. The zero-order valence-electron chi connectivity index (χ0n) is 17.2. The van der Waals surface area contributed by atoms with Gasteiger partial charge < -0.3 is 10.1 Å². The number of unbranched alkanes of at least 4 members (excludes halogenated alkanes) is 2. The summed E-state index contributed by atoms with van der Waals surface area (Å²) in [6.45, 7) is 0.438. The largest absolute Gasteiger partial charge is 0.495 e. The third kappa shape index (κ3) is 4.27. The molecule has 4 rings (SSSR count). The van der Waals surface area contributed by atoms with Gasteiger partial charge in [0.2, 0.25) is 17.7 Å². The Bertz CT molecular complexity index is 866. The summed E-state index contributed by atoms with van der Waals surface area (Å²) in [5, 5.41) is 3.34. The third-order valence-electron chi connectivity index (χ3n) is 6.80. The average Bonchev–Trinajstić information content (AvgIpc) is 3.34. The number of carbonyl (C=O) groups excluding carboxylic acids is 3. The molecule has 2 saturated carbocycles. The molecule has 3 fully saturated rings. The van der Waals surface area contributed by atoms with Crippen molar-refractivity contribution in [2.75, 3.05) is 19.0 Å². The zero-order valence-corrected chi connectivity index (χ0v) is 21.1. The molecule has 1 aliphatic heterocycles. The predicted octanol–water partition coefficient (Wildman–Crippen LogP) is 4.63. The number of amides is 3. The Balaban J connectivity index is 1.22. The molecular formula is C22H25Br2ClN2O4. The second kappa shape index (κ2) is 9.40. The van der Waals surface area contributed by atoms with Crippen LogP contribution < -0.4 is 10.1 Å². The van der Waals surface area contributed by atoms with Crippen LogP contribution in [0.15, 0.2) is 18.2 Å². The Kier molecular flexibility index (Phi) is 6.99. The van der Waals surface area contributed by atoms with E-state index in [0.717, 1.165) is 12.8 Å². The number of nitrogens with one attached hydrogen (secondary N) is 1. The van der Waals surface area contributed by atoms with Crippen LogP contribution in [0.1, 0.15) is 32.1 Å². The first-order valence-electron chi connectivity index (χ1n) is 10.6. The van der Waals surface area contributed by atoms with E-state index in [2.05, 4.69) is 37.2 Å². The lowest BCUT2D eigenvalue weighted by Crippen LogP contribution is -2.37. The summed E-state index contributed by atoms with van der Waals surface area (Å²) >= 11 is 13.4. The van der Waals surface area contributed by atoms with Crippen molar-refractivity contribution in [3.05, 3.63) is 23.2 Å². The Labute approximate surface area is 203 Å². The van der Waals surface area contributed by atoms with Gasteiger partial charge in [-0.15, -0.1) is 0 Å². The molecule has 1 N–H and O–H groups in total. The average molecular weight is 577 g/mol. The third-order valence-corrected chi connectivity index (χ3v) is 10.2. The Morgan fingerprint density at radius 3 is 2.39 bits per heavy atom. The molecule has 0 unspecified atom stereocenters. The molecule has 31 heavy (non-hydrogen) atoms. The number of carbonyl (C=O) groups is 3. The van der Waals surface area contributed by atoms with Gasteiger partial charge >= 0.3 is 0 Å². The Morgan fingerprint density at radius 2 is 1.77 bits per heavy atom. The van der Waals surface area contributed by atoms with Crippen LogP contribution >= 0.6 is 43.5 Å². The number of ether oxygens (including phenoxy) is 1. The van der Waals surface area contributed by atoms with Crippen LogP contribution in [-0.2, 0) is 14.4 Å². The molecule has 2 aliphatic carbocycles. The molecule has 1 aromatic rings. The number of nitrogens with zero attached hydrogens (tertiary/aromatic N) is 1. The highest BCUT2D eigenvalue weighted by Crippen LogP contribution is 2.60. The van der Waals surface area contributed by atoms with Crippen LogP contribution in [0.4, 0.5) is 5.69 Å². The van der Waals surface area contributed by atoms with Gasteiger partial charge in [0.05, 0.1) is 24.6 Å². The van der Waals surface area contributed by atoms with Crippen LogP contribution in [0.5, 0.6) is 5.75 Å². The number of hydrogen-bond acceptors (Lipinski definition) is 4. The number of methoxy groups -OCH3 is 1. The van der Waals surface area contributed by atoms with Crippen molar-refractivity contribution < 1.29 is 19.1 Å². The van der Waals surface area contributed by atoms with Gasteiger partial charge in [-0.05, 0) is 49.3 Å². The SMILES string of the molecule is COc1ccc(Cl)cc1NC(=O)CCCCCN1C(=O)[C@@H]2[C@H]3C[C@@H]([C@@H](Br)[C@@H]3Br)[C@@H]2C1=O. The van der Waals surface area contributed by atoms with Crippen molar-refractivity contribution in [3.63, 3.8) is 0 Å². The molecule has 1 saturated heterocycles. The Hall–Kier alpha value is -1.12. The molecule has 6 atom stereocenters. The van der Waals surface area contributed by atoms with Crippen LogP contribution in [0.25, 0.3) is 0 Å². The molecule has 3 amide bonds. The summed E-state index contributed by atoms with van der Waals surface area (Å²) in [4.78, 5) is 40.0. The van der Waals surface area contributed by atoms with Gasteiger partial charge in [-0.25, -0.2) is 0 Å². The number of fused-ring (bicyclic) bond motifs is 5. The maximum Gasteiger partial charge on any atom is 0.233 e. The van der Waals surface area contributed by atoms with E-state index >= 15 is 0 Å². The molecule has 2 bridgehead atoms. The van der Waals surface area contributed by atoms with Crippen LogP contribution in [0, 0.1) is 23.7 Å². The van der Waals surface area contributed by atoms with Crippen LogP contribution in [-0.4, -0.2) is 45.9 Å². The van der Waals surface area contributed by atoms with E-state index in [-0.39, 0.29) is 51.0 Å². The van der Waals surface area contributed by atoms with Gasteiger partial charge in [-0.2, -0.15) is 0 Å². The lowest BCUT2D eigenvalue weighted by Gasteiger charge is -2.28. The number of benzene rings is 1. The van der Waals surface area contributed by atoms with Crippen molar-refractivity contribution in [1.29, 1.82) is 0 Å². The van der Waals surface area contributed by atoms with Gasteiger partial charge in [0, 0.05) is 27.6 Å². The smallest absolute Gasteiger partial charge is 0.233 e. The summed E-state index contributed by atoms with van der Waals surface area (Å²) in [6, 6.07) is 5.06. The van der Waals surface area contributed by atoms with Gasteiger partial charge in [0.15, 0.2) is 0 Å². The molecule has 0 spiro atoms. The highest BCUT2D eigenvalue weighted by atomic mass is 79.9.